The number of aryl methyl sites for hydroxylation is 1. The van der Waals surface area contributed by atoms with Gasteiger partial charge in [-0.25, -0.2) is 0 Å². The van der Waals surface area contributed by atoms with Crippen molar-refractivity contribution >= 4 is 35.2 Å². The van der Waals surface area contributed by atoms with E-state index in [-0.39, 0.29) is 18.4 Å². The Morgan fingerprint density at radius 3 is 2.26 bits per heavy atom. The molecule has 8 heteroatoms. The minimum Gasteiger partial charge on any atom is -0.493 e. The fraction of sp³-hybridized carbons (Fsp3) is 0.304. The van der Waals surface area contributed by atoms with Crippen LogP contribution in [-0.4, -0.2) is 51.1 Å². The van der Waals surface area contributed by atoms with Gasteiger partial charge < -0.3 is 24.4 Å². The van der Waals surface area contributed by atoms with Gasteiger partial charge in [-0.3, -0.25) is 9.59 Å². The van der Waals surface area contributed by atoms with Crippen molar-refractivity contribution in [3.63, 3.8) is 0 Å². The molecule has 1 N–H and O–H groups in total. The number of anilines is 1. The van der Waals surface area contributed by atoms with Crippen molar-refractivity contribution in [3.8, 4) is 17.2 Å². The number of ether oxygens (including phenoxy) is 3. The lowest BCUT2D eigenvalue weighted by Crippen LogP contribution is -2.37. The Balaban J connectivity index is 2.11. The molecule has 0 bridgehead atoms. The Kier molecular flexibility index (Phi) is 8.75. The van der Waals surface area contributed by atoms with E-state index in [0.717, 1.165) is 5.56 Å². The normalized spacial score (nSPS) is 10.6. The van der Waals surface area contributed by atoms with E-state index in [9.17, 15) is 9.59 Å². The molecule has 0 aliphatic rings. The number of hydrogen-bond acceptors (Lipinski definition) is 5. The number of carbonyl (C=O) groups excluding carboxylic acids is 2. The van der Waals surface area contributed by atoms with Crippen LogP contribution < -0.4 is 19.5 Å². The minimum absolute atomic E-state index is 0.0825. The van der Waals surface area contributed by atoms with E-state index < -0.39 is 0 Å². The van der Waals surface area contributed by atoms with Crippen molar-refractivity contribution in [2.75, 3.05) is 39.7 Å². The van der Waals surface area contributed by atoms with E-state index in [1.165, 1.54) is 32.3 Å². The second-order valence-corrected chi connectivity index (χ2v) is 7.09. The third-order valence-corrected chi connectivity index (χ3v) is 4.84. The molecule has 0 aliphatic carbocycles. The zero-order valence-corrected chi connectivity index (χ0v) is 19.1. The van der Waals surface area contributed by atoms with E-state index in [4.69, 9.17) is 25.8 Å². The number of carbonyl (C=O) groups is 2. The van der Waals surface area contributed by atoms with E-state index in [2.05, 4.69) is 5.32 Å². The van der Waals surface area contributed by atoms with Crippen LogP contribution in [-0.2, 0) is 9.59 Å². The van der Waals surface area contributed by atoms with Crippen LogP contribution in [0.2, 0.25) is 5.02 Å². The maximum atomic E-state index is 12.6. The van der Waals surface area contributed by atoms with Crippen LogP contribution >= 0.6 is 11.6 Å². The molecule has 2 amide bonds. The summed E-state index contributed by atoms with van der Waals surface area (Å²) < 4.78 is 16.0. The highest BCUT2D eigenvalue weighted by Crippen LogP contribution is 2.38. The third-order valence-electron chi connectivity index (χ3n) is 4.61. The van der Waals surface area contributed by atoms with Crippen LogP contribution in [0, 0.1) is 6.92 Å². The summed E-state index contributed by atoms with van der Waals surface area (Å²) >= 11 is 5.99. The molecule has 0 spiro atoms. The summed E-state index contributed by atoms with van der Waals surface area (Å²) in [5.74, 6) is 0.836. The first kappa shape index (κ1) is 24.1. The lowest BCUT2D eigenvalue weighted by atomic mass is 10.1. The number of amides is 2. The number of hydrogen-bond donors (Lipinski definition) is 1. The van der Waals surface area contributed by atoms with Gasteiger partial charge in [0.25, 0.3) is 0 Å². The first-order valence-corrected chi connectivity index (χ1v) is 10.0. The van der Waals surface area contributed by atoms with E-state index >= 15 is 0 Å². The monoisotopic (exact) mass is 446 g/mol. The SMILES string of the molecule is CCN(CC(=O)Nc1cc(Cl)ccc1C)C(=O)/C=C/c1cc(OC)c(OC)c(OC)c1. The predicted molar refractivity (Wildman–Crippen MR) is 122 cm³/mol. The first-order chi connectivity index (χ1) is 14.8. The number of halogens is 1. The van der Waals surface area contributed by atoms with Crippen LogP contribution in [0.5, 0.6) is 17.2 Å². The van der Waals surface area contributed by atoms with Crippen molar-refractivity contribution in [1.82, 2.24) is 4.90 Å². The van der Waals surface area contributed by atoms with E-state index in [0.29, 0.717) is 40.1 Å². The molecule has 0 radical (unpaired) electrons. The quantitative estimate of drug-likeness (QED) is 0.585. The van der Waals surface area contributed by atoms with Gasteiger partial charge in [0, 0.05) is 23.3 Å². The van der Waals surface area contributed by atoms with Crippen LogP contribution in [0.3, 0.4) is 0 Å². The third kappa shape index (κ3) is 6.39. The molecule has 0 saturated carbocycles. The highest BCUT2D eigenvalue weighted by atomic mass is 35.5. The molecular weight excluding hydrogens is 420 g/mol. The van der Waals surface area contributed by atoms with Gasteiger partial charge in [0.1, 0.15) is 6.54 Å². The molecule has 0 aromatic heterocycles. The Morgan fingerprint density at radius 2 is 1.71 bits per heavy atom. The number of benzene rings is 2. The standard InChI is InChI=1S/C23H27ClN2O5/c1-6-26(14-21(27)25-18-13-17(24)9-7-15(18)2)22(28)10-8-16-11-19(29-3)23(31-5)20(12-16)30-4/h7-13H,6,14H2,1-5H3,(H,25,27)/b10-8+. The lowest BCUT2D eigenvalue weighted by molar-refractivity contribution is -0.130. The molecular formula is C23H27ClN2O5. The summed E-state index contributed by atoms with van der Waals surface area (Å²) in [4.78, 5) is 26.5. The maximum Gasteiger partial charge on any atom is 0.247 e. The molecule has 0 heterocycles. The molecule has 0 aliphatic heterocycles. The number of likely N-dealkylation sites (N-methyl/N-ethyl adjacent to an activating group) is 1. The average molecular weight is 447 g/mol. The molecule has 0 saturated heterocycles. The van der Waals surface area contributed by atoms with Gasteiger partial charge in [-0.2, -0.15) is 0 Å². The van der Waals surface area contributed by atoms with Gasteiger partial charge >= 0.3 is 0 Å². The number of rotatable bonds is 9. The van der Waals surface area contributed by atoms with Crippen molar-refractivity contribution in [3.05, 3.63) is 52.6 Å². The van der Waals surface area contributed by atoms with Gasteiger partial charge in [-0.05, 0) is 55.3 Å². The lowest BCUT2D eigenvalue weighted by Gasteiger charge is -2.19. The van der Waals surface area contributed by atoms with Gasteiger partial charge in [-0.15, -0.1) is 0 Å². The Labute approximate surface area is 187 Å². The van der Waals surface area contributed by atoms with Crippen molar-refractivity contribution < 1.29 is 23.8 Å². The zero-order chi connectivity index (χ0) is 23.0. The molecule has 0 fully saturated rings. The van der Waals surface area contributed by atoms with Crippen LogP contribution in [0.15, 0.2) is 36.4 Å². The highest BCUT2D eigenvalue weighted by Gasteiger charge is 2.15. The molecule has 31 heavy (non-hydrogen) atoms. The molecule has 2 rings (SSSR count). The summed E-state index contributed by atoms with van der Waals surface area (Å²) in [5.41, 5.74) is 2.20. The van der Waals surface area contributed by atoms with Gasteiger partial charge in [0.05, 0.1) is 21.3 Å². The van der Waals surface area contributed by atoms with Gasteiger partial charge in [-0.1, -0.05) is 17.7 Å². The second-order valence-electron chi connectivity index (χ2n) is 6.65. The molecule has 2 aromatic carbocycles. The van der Waals surface area contributed by atoms with Crippen LogP contribution in [0.25, 0.3) is 6.08 Å². The second kappa shape index (κ2) is 11.3. The Bertz CT molecular complexity index is 949. The van der Waals surface area contributed by atoms with Crippen molar-refractivity contribution in [2.45, 2.75) is 13.8 Å². The number of nitrogens with one attached hydrogen (secondary N) is 1. The van der Waals surface area contributed by atoms with Crippen molar-refractivity contribution in [1.29, 1.82) is 0 Å². The summed E-state index contributed by atoms with van der Waals surface area (Å²) in [6, 6.07) is 8.71. The predicted octanol–water partition coefficient (Wildman–Crippen LogP) is 4.17. The molecule has 7 nitrogen and oxygen atoms in total. The summed E-state index contributed by atoms with van der Waals surface area (Å²) in [7, 11) is 4.57. The van der Waals surface area contributed by atoms with E-state index in [1.807, 2.05) is 19.9 Å². The molecule has 166 valence electrons. The molecule has 0 unspecified atom stereocenters. The zero-order valence-electron chi connectivity index (χ0n) is 18.3. The van der Waals surface area contributed by atoms with Crippen molar-refractivity contribution in [2.24, 2.45) is 0 Å². The van der Waals surface area contributed by atoms with Crippen LogP contribution in [0.4, 0.5) is 5.69 Å². The smallest absolute Gasteiger partial charge is 0.247 e. The average Bonchev–Trinajstić information content (AvgIpc) is 2.77. The topological polar surface area (TPSA) is 77.1 Å². The fourth-order valence-corrected chi connectivity index (χ4v) is 3.08. The van der Waals surface area contributed by atoms with Gasteiger partial charge in [0.2, 0.25) is 17.6 Å². The molecule has 2 aromatic rings. The molecule has 0 atom stereocenters. The number of nitrogens with zero attached hydrogens (tertiary/aromatic N) is 1. The van der Waals surface area contributed by atoms with Crippen LogP contribution in [0.1, 0.15) is 18.1 Å². The highest BCUT2D eigenvalue weighted by molar-refractivity contribution is 6.31. The first-order valence-electron chi connectivity index (χ1n) is 9.65. The number of methoxy groups -OCH3 is 3. The maximum absolute atomic E-state index is 12.6. The van der Waals surface area contributed by atoms with Gasteiger partial charge in [0.15, 0.2) is 11.5 Å². The summed E-state index contributed by atoms with van der Waals surface area (Å²) in [5, 5.41) is 3.32. The summed E-state index contributed by atoms with van der Waals surface area (Å²) in [6.45, 7) is 3.97. The van der Waals surface area contributed by atoms with E-state index in [1.54, 1.807) is 30.3 Å². The Morgan fingerprint density at radius 1 is 1.06 bits per heavy atom. The Hall–Kier alpha value is -3.19. The minimum atomic E-state index is -0.304. The fourth-order valence-electron chi connectivity index (χ4n) is 2.91. The largest absolute Gasteiger partial charge is 0.493 e. The summed E-state index contributed by atoms with van der Waals surface area (Å²) in [6.07, 6.45) is 3.04.